The van der Waals surface area contributed by atoms with E-state index in [-0.39, 0.29) is 17.7 Å². The van der Waals surface area contributed by atoms with E-state index in [0.29, 0.717) is 26.0 Å². The van der Waals surface area contributed by atoms with Crippen LogP contribution in [0.2, 0.25) is 0 Å². The van der Waals surface area contributed by atoms with Gasteiger partial charge in [-0.25, -0.2) is 0 Å². The number of aliphatic carboxylic acids is 1. The zero-order valence-electron chi connectivity index (χ0n) is 22.6. The molecule has 0 bridgehead atoms. The molecule has 6 nitrogen and oxygen atoms in total. The van der Waals surface area contributed by atoms with Crippen LogP contribution in [0.1, 0.15) is 60.6 Å². The zero-order chi connectivity index (χ0) is 27.4. The number of carboxylic acids is 1. The normalized spacial score (nSPS) is 19.0. The van der Waals surface area contributed by atoms with Crippen molar-refractivity contribution < 1.29 is 24.2 Å². The molecule has 1 fully saturated rings. The summed E-state index contributed by atoms with van der Waals surface area (Å²) in [5.41, 5.74) is 3.36. The monoisotopic (exact) mass is 545 g/mol. The summed E-state index contributed by atoms with van der Waals surface area (Å²) in [5, 5.41) is 10.1. The van der Waals surface area contributed by atoms with Gasteiger partial charge in [0, 0.05) is 46.5 Å². The van der Waals surface area contributed by atoms with Crippen molar-refractivity contribution in [1.29, 1.82) is 0 Å². The van der Waals surface area contributed by atoms with E-state index in [1.165, 1.54) is 26.1 Å². The predicted molar refractivity (Wildman–Crippen MR) is 154 cm³/mol. The maximum absolute atomic E-state index is 12.2. The first kappa shape index (κ1) is 27.0. The van der Waals surface area contributed by atoms with Crippen LogP contribution in [-0.2, 0) is 32.7 Å². The van der Waals surface area contributed by atoms with Crippen molar-refractivity contribution in [3.8, 4) is 5.75 Å². The molecule has 1 atom stereocenters. The van der Waals surface area contributed by atoms with Gasteiger partial charge in [0.1, 0.15) is 11.5 Å². The minimum Gasteiger partial charge on any atom is -0.496 e. The summed E-state index contributed by atoms with van der Waals surface area (Å²) in [6, 6.07) is 15.0. The van der Waals surface area contributed by atoms with Crippen LogP contribution in [0.4, 0.5) is 0 Å². The Balaban J connectivity index is 1.38. The quantitative estimate of drug-likeness (QED) is 0.275. The Morgan fingerprint density at radius 1 is 1.21 bits per heavy atom. The average Bonchev–Trinajstić information content (AvgIpc) is 3.52. The van der Waals surface area contributed by atoms with Gasteiger partial charge in [0.05, 0.1) is 13.7 Å². The van der Waals surface area contributed by atoms with Crippen LogP contribution >= 0.6 is 11.3 Å². The fourth-order valence-electron chi connectivity index (χ4n) is 5.45. The molecule has 1 amide bonds. The minimum atomic E-state index is -0.800. The van der Waals surface area contributed by atoms with Gasteiger partial charge in [-0.3, -0.25) is 9.59 Å². The molecule has 5 rings (SSSR count). The molecule has 1 aliphatic carbocycles. The number of nitrogens with zero attached hydrogens (tertiary/aromatic N) is 1. The number of carbonyl (C=O) groups is 2. The number of allylic oxidation sites excluding steroid dienone is 3. The number of carboxylic acid groups (broad SMARTS) is 1. The smallest absolute Gasteiger partial charge is 0.303 e. The molecular weight excluding hydrogens is 510 g/mol. The summed E-state index contributed by atoms with van der Waals surface area (Å²) in [6.07, 6.45) is 10.1. The van der Waals surface area contributed by atoms with Crippen LogP contribution in [-0.4, -0.2) is 42.1 Å². The molecule has 2 heterocycles. The first-order chi connectivity index (χ1) is 18.9. The van der Waals surface area contributed by atoms with E-state index in [4.69, 9.17) is 14.6 Å². The van der Waals surface area contributed by atoms with Crippen LogP contribution in [0.25, 0.3) is 10.1 Å². The molecule has 1 saturated heterocycles. The van der Waals surface area contributed by atoms with Crippen molar-refractivity contribution in [2.75, 3.05) is 20.3 Å². The molecule has 1 aliphatic heterocycles. The molecular formula is C32H35NO5S. The highest BCUT2D eigenvalue weighted by atomic mass is 32.1. The van der Waals surface area contributed by atoms with Gasteiger partial charge in [-0.15, -0.1) is 11.3 Å². The topological polar surface area (TPSA) is 76.1 Å². The van der Waals surface area contributed by atoms with Gasteiger partial charge in [0.25, 0.3) is 0 Å². The molecule has 1 N–H and O–H groups in total. The van der Waals surface area contributed by atoms with E-state index >= 15 is 0 Å². The number of hydrogen-bond acceptors (Lipinski definition) is 5. The van der Waals surface area contributed by atoms with Gasteiger partial charge < -0.3 is 19.5 Å². The fraction of sp³-hybridized carbons (Fsp3) is 0.375. The van der Waals surface area contributed by atoms with Crippen molar-refractivity contribution >= 4 is 33.3 Å². The second-order valence-corrected chi connectivity index (χ2v) is 11.6. The third kappa shape index (κ3) is 6.04. The highest BCUT2D eigenvalue weighted by Crippen LogP contribution is 2.44. The molecule has 2 aromatic carbocycles. The molecule has 0 spiro atoms. The lowest BCUT2D eigenvalue weighted by Crippen LogP contribution is -2.24. The minimum absolute atomic E-state index is 0.113. The lowest BCUT2D eigenvalue weighted by molar-refractivity contribution is -0.137. The van der Waals surface area contributed by atoms with E-state index in [1.54, 1.807) is 7.11 Å². The second-order valence-electron chi connectivity index (χ2n) is 10.6. The highest BCUT2D eigenvalue weighted by molar-refractivity contribution is 7.19. The number of thiophene rings is 1. The van der Waals surface area contributed by atoms with Crippen molar-refractivity contribution in [2.24, 2.45) is 0 Å². The number of ether oxygens (including phenoxy) is 2. The Morgan fingerprint density at radius 3 is 2.77 bits per heavy atom. The van der Waals surface area contributed by atoms with Crippen LogP contribution in [0.5, 0.6) is 5.75 Å². The Kier molecular flexibility index (Phi) is 8.07. The molecule has 2 aliphatic rings. The number of methoxy groups -OCH3 is 1. The van der Waals surface area contributed by atoms with Crippen molar-refractivity contribution in [2.45, 2.75) is 57.4 Å². The number of carbonyl (C=O) groups excluding carboxylic acids is 1. The number of hydrogen-bond donors (Lipinski definition) is 1. The first-order valence-corrected chi connectivity index (χ1v) is 14.4. The van der Waals surface area contributed by atoms with E-state index < -0.39 is 5.97 Å². The maximum Gasteiger partial charge on any atom is 0.303 e. The van der Waals surface area contributed by atoms with Crippen molar-refractivity contribution in [3.63, 3.8) is 0 Å². The summed E-state index contributed by atoms with van der Waals surface area (Å²) in [7, 11) is 1.70. The first-order valence-electron chi connectivity index (χ1n) is 13.5. The summed E-state index contributed by atoms with van der Waals surface area (Å²) >= 11 is 1.85. The SMILES string of the molecule is COc1cc(Cc2c(C3(C)C=CC(OCCCC(=O)O)=CC3)sc3ccccc23)ccc1CN1CCCC1=O. The number of likely N-dealkylation sites (tertiary alicyclic amines) is 1. The lowest BCUT2D eigenvalue weighted by Gasteiger charge is -2.28. The number of amides is 1. The van der Waals surface area contributed by atoms with Crippen molar-refractivity contribution in [1.82, 2.24) is 4.90 Å². The lowest BCUT2D eigenvalue weighted by atomic mass is 9.79. The van der Waals surface area contributed by atoms with Crippen LogP contribution in [0.3, 0.4) is 0 Å². The molecule has 1 unspecified atom stereocenters. The van der Waals surface area contributed by atoms with E-state index in [2.05, 4.69) is 61.5 Å². The predicted octanol–water partition coefficient (Wildman–Crippen LogP) is 6.61. The zero-order valence-corrected chi connectivity index (χ0v) is 23.4. The van der Waals surface area contributed by atoms with Gasteiger partial charge in [0.15, 0.2) is 0 Å². The third-order valence-electron chi connectivity index (χ3n) is 7.63. The maximum atomic E-state index is 12.2. The fourth-order valence-corrected chi connectivity index (χ4v) is 6.81. The van der Waals surface area contributed by atoms with E-state index in [9.17, 15) is 9.59 Å². The second kappa shape index (κ2) is 11.7. The molecule has 204 valence electrons. The number of fused-ring (bicyclic) bond motifs is 1. The molecule has 39 heavy (non-hydrogen) atoms. The molecule has 1 aromatic heterocycles. The van der Waals surface area contributed by atoms with Gasteiger partial charge >= 0.3 is 5.97 Å². The Bertz CT molecular complexity index is 1440. The number of benzene rings is 2. The highest BCUT2D eigenvalue weighted by Gasteiger charge is 2.31. The Labute approximate surface area is 233 Å². The largest absolute Gasteiger partial charge is 0.496 e. The molecule has 0 radical (unpaired) electrons. The summed E-state index contributed by atoms with van der Waals surface area (Å²) in [4.78, 5) is 26.2. The summed E-state index contributed by atoms with van der Waals surface area (Å²) < 4.78 is 12.9. The molecule has 0 saturated carbocycles. The van der Waals surface area contributed by atoms with Crippen LogP contribution < -0.4 is 4.74 Å². The van der Waals surface area contributed by atoms with Gasteiger partial charge in [-0.1, -0.05) is 43.3 Å². The van der Waals surface area contributed by atoms with Crippen LogP contribution in [0, 0.1) is 0 Å². The van der Waals surface area contributed by atoms with Crippen LogP contribution in [0.15, 0.2) is 66.5 Å². The Morgan fingerprint density at radius 2 is 2.05 bits per heavy atom. The average molecular weight is 546 g/mol. The van der Waals surface area contributed by atoms with Crippen molar-refractivity contribution in [3.05, 3.63) is 88.0 Å². The standard InChI is InChI=1S/C32H35NO5S/c1-32(15-13-24(14-16-32)38-18-6-10-30(35)36)31-26(25-7-3-4-8-28(25)39-31)19-22-11-12-23(27(20-22)37-2)21-33-17-5-9-29(33)34/h3-4,7-8,11-15,20H,5-6,9-10,16-19,21H2,1-2H3,(H,35,36). The summed E-state index contributed by atoms with van der Waals surface area (Å²) in [6.45, 7) is 4.07. The molecule has 7 heteroatoms. The van der Waals surface area contributed by atoms with Gasteiger partial charge in [-0.2, -0.15) is 0 Å². The summed E-state index contributed by atoms with van der Waals surface area (Å²) in [5.74, 6) is 1.04. The Hall–Kier alpha value is -3.58. The van der Waals surface area contributed by atoms with E-state index in [1.807, 2.05) is 22.3 Å². The number of rotatable bonds is 11. The van der Waals surface area contributed by atoms with Gasteiger partial charge in [-0.05, 0) is 66.5 Å². The molecule has 3 aromatic rings. The van der Waals surface area contributed by atoms with Gasteiger partial charge in [0.2, 0.25) is 5.91 Å². The third-order valence-corrected chi connectivity index (χ3v) is 9.12. The van der Waals surface area contributed by atoms with E-state index in [0.717, 1.165) is 42.9 Å².